The summed E-state index contributed by atoms with van der Waals surface area (Å²) in [5.74, 6) is 1.10. The molecule has 0 aliphatic heterocycles. The van der Waals surface area contributed by atoms with Crippen LogP contribution < -0.4 is 10.1 Å². The van der Waals surface area contributed by atoms with E-state index in [0.29, 0.717) is 29.7 Å². The predicted molar refractivity (Wildman–Crippen MR) is 91.0 cm³/mol. The predicted octanol–water partition coefficient (Wildman–Crippen LogP) is 4.04. The summed E-state index contributed by atoms with van der Waals surface area (Å²) in [6, 6.07) is 8.67. The van der Waals surface area contributed by atoms with Gasteiger partial charge in [0.15, 0.2) is 5.76 Å². The minimum Gasteiger partial charge on any atom is -0.484 e. The van der Waals surface area contributed by atoms with Gasteiger partial charge < -0.3 is 19.2 Å². The van der Waals surface area contributed by atoms with Crippen LogP contribution in [0, 0.1) is 0 Å². The Hall–Kier alpha value is -1.50. The van der Waals surface area contributed by atoms with Gasteiger partial charge in [-0.25, -0.2) is 0 Å². The average molecular weight is 403 g/mol. The summed E-state index contributed by atoms with van der Waals surface area (Å²) in [4.78, 5) is 11.9. The second kappa shape index (κ2) is 8.96. The molecule has 0 saturated carbocycles. The van der Waals surface area contributed by atoms with E-state index in [1.165, 1.54) is 0 Å². The van der Waals surface area contributed by atoms with E-state index in [0.717, 1.165) is 10.9 Å². The summed E-state index contributed by atoms with van der Waals surface area (Å²) < 4.78 is 16.9. The molecule has 0 aliphatic carbocycles. The number of hydrogen-bond acceptors (Lipinski definition) is 4. The number of ether oxygens (including phenoxy) is 2. The number of amides is 1. The highest BCUT2D eigenvalue weighted by atomic mass is 79.9. The van der Waals surface area contributed by atoms with Gasteiger partial charge >= 0.3 is 0 Å². The largest absolute Gasteiger partial charge is 0.484 e. The molecule has 0 fully saturated rings. The number of benzene rings is 1. The number of carbonyl (C=O) groups excluding carboxylic acids is 1. The molecule has 1 heterocycles. The first kappa shape index (κ1) is 17.8. The molecule has 0 atom stereocenters. The number of furan rings is 1. The second-order valence-corrected chi connectivity index (χ2v) is 6.05. The van der Waals surface area contributed by atoms with Crippen molar-refractivity contribution >= 4 is 33.4 Å². The van der Waals surface area contributed by atoms with Crippen LogP contribution >= 0.6 is 27.5 Å². The Morgan fingerprint density at radius 2 is 2.17 bits per heavy atom. The molecule has 0 aliphatic rings. The lowest BCUT2D eigenvalue weighted by atomic mass is 10.3. The fourth-order valence-electron chi connectivity index (χ4n) is 1.82. The molecule has 1 amide bonds. The topological polar surface area (TPSA) is 60.7 Å². The number of rotatable bonds is 8. The molecule has 1 aromatic carbocycles. The van der Waals surface area contributed by atoms with Gasteiger partial charge in [0, 0.05) is 24.7 Å². The summed E-state index contributed by atoms with van der Waals surface area (Å²) in [6.45, 7) is 1.33. The van der Waals surface area contributed by atoms with Gasteiger partial charge in [-0.15, -0.1) is 0 Å². The first-order valence-corrected chi connectivity index (χ1v) is 8.21. The maximum Gasteiger partial charge on any atom is 0.286 e. The molecule has 1 aromatic heterocycles. The van der Waals surface area contributed by atoms with Gasteiger partial charge in [0.25, 0.3) is 5.91 Å². The maximum atomic E-state index is 11.9. The van der Waals surface area contributed by atoms with Gasteiger partial charge in [0.2, 0.25) is 0 Å². The summed E-state index contributed by atoms with van der Waals surface area (Å²) in [6.07, 6.45) is 0.751. The molecule has 0 unspecified atom stereocenters. The highest BCUT2D eigenvalue weighted by molar-refractivity contribution is 9.10. The van der Waals surface area contributed by atoms with Crippen molar-refractivity contribution in [3.63, 3.8) is 0 Å². The minimum absolute atomic E-state index is 0.193. The average Bonchev–Trinajstić information content (AvgIpc) is 2.99. The van der Waals surface area contributed by atoms with Crippen LogP contribution in [0.5, 0.6) is 5.75 Å². The second-order valence-electron chi connectivity index (χ2n) is 4.73. The Morgan fingerprint density at radius 1 is 1.35 bits per heavy atom. The number of hydrogen-bond donors (Lipinski definition) is 1. The summed E-state index contributed by atoms with van der Waals surface area (Å²) >= 11 is 9.41. The summed E-state index contributed by atoms with van der Waals surface area (Å²) in [7, 11) is 1.62. The Labute approximate surface area is 148 Å². The van der Waals surface area contributed by atoms with Crippen LogP contribution in [0.4, 0.5) is 0 Å². The van der Waals surface area contributed by atoms with Gasteiger partial charge in [-0.1, -0.05) is 27.5 Å². The van der Waals surface area contributed by atoms with E-state index in [2.05, 4.69) is 21.2 Å². The third-order valence-electron chi connectivity index (χ3n) is 2.96. The van der Waals surface area contributed by atoms with Gasteiger partial charge in [-0.2, -0.15) is 0 Å². The zero-order chi connectivity index (χ0) is 16.7. The van der Waals surface area contributed by atoms with E-state index in [9.17, 15) is 4.79 Å². The first-order chi connectivity index (χ1) is 11.1. The maximum absolute atomic E-state index is 11.9. The molecule has 0 saturated heterocycles. The Balaban J connectivity index is 1.85. The lowest BCUT2D eigenvalue weighted by molar-refractivity contribution is 0.0917. The molecule has 0 spiro atoms. The number of methoxy groups -OCH3 is 1. The molecule has 0 radical (unpaired) electrons. The SMILES string of the molecule is COCCCNC(=O)c1ccc(COc2ccc(Br)cc2Cl)o1. The number of nitrogens with one attached hydrogen (secondary N) is 1. The smallest absolute Gasteiger partial charge is 0.286 e. The van der Waals surface area contributed by atoms with Gasteiger partial charge in [0.1, 0.15) is 18.1 Å². The van der Waals surface area contributed by atoms with E-state index < -0.39 is 0 Å². The lowest BCUT2D eigenvalue weighted by Gasteiger charge is -2.06. The summed E-state index contributed by atoms with van der Waals surface area (Å²) in [5.41, 5.74) is 0. The van der Waals surface area contributed by atoms with Crippen LogP contribution in [0.2, 0.25) is 5.02 Å². The molecule has 124 valence electrons. The van der Waals surface area contributed by atoms with E-state index in [-0.39, 0.29) is 18.3 Å². The van der Waals surface area contributed by atoms with Gasteiger partial charge in [0.05, 0.1) is 5.02 Å². The molecule has 2 rings (SSSR count). The Morgan fingerprint density at radius 3 is 2.91 bits per heavy atom. The van der Waals surface area contributed by atoms with Crippen molar-refractivity contribution in [2.75, 3.05) is 20.3 Å². The van der Waals surface area contributed by atoms with Crippen molar-refractivity contribution in [2.45, 2.75) is 13.0 Å². The van der Waals surface area contributed by atoms with Crippen LogP contribution in [0.3, 0.4) is 0 Å². The zero-order valence-electron chi connectivity index (χ0n) is 12.6. The fourth-order valence-corrected chi connectivity index (χ4v) is 2.55. The highest BCUT2D eigenvalue weighted by Crippen LogP contribution is 2.28. The van der Waals surface area contributed by atoms with Crippen molar-refractivity contribution in [3.05, 3.63) is 51.3 Å². The van der Waals surface area contributed by atoms with Crippen LogP contribution in [0.25, 0.3) is 0 Å². The molecule has 5 nitrogen and oxygen atoms in total. The van der Waals surface area contributed by atoms with Crippen LogP contribution in [-0.2, 0) is 11.3 Å². The third kappa shape index (κ3) is 5.57. The highest BCUT2D eigenvalue weighted by Gasteiger charge is 2.11. The standard InChI is InChI=1S/C16H17BrClNO4/c1-21-8-2-7-19-16(20)15-6-4-12(23-15)10-22-14-5-3-11(17)9-13(14)18/h3-6,9H,2,7-8,10H2,1H3,(H,19,20). The van der Waals surface area contributed by atoms with Gasteiger partial charge in [-0.3, -0.25) is 4.79 Å². The normalized spacial score (nSPS) is 10.6. The lowest BCUT2D eigenvalue weighted by Crippen LogP contribution is -2.24. The molecule has 7 heteroatoms. The van der Waals surface area contributed by atoms with Crippen LogP contribution in [0.1, 0.15) is 22.7 Å². The zero-order valence-corrected chi connectivity index (χ0v) is 14.9. The van der Waals surface area contributed by atoms with Crippen LogP contribution in [0.15, 0.2) is 39.2 Å². The van der Waals surface area contributed by atoms with E-state index in [1.54, 1.807) is 31.4 Å². The molecular formula is C16H17BrClNO4. The number of halogens is 2. The van der Waals surface area contributed by atoms with E-state index in [4.69, 9.17) is 25.5 Å². The Bertz CT molecular complexity index is 659. The Kier molecular flexibility index (Phi) is 6.95. The summed E-state index contributed by atoms with van der Waals surface area (Å²) in [5, 5.41) is 3.26. The van der Waals surface area contributed by atoms with Crippen molar-refractivity contribution in [1.29, 1.82) is 0 Å². The van der Waals surface area contributed by atoms with Crippen molar-refractivity contribution < 1.29 is 18.7 Å². The first-order valence-electron chi connectivity index (χ1n) is 7.04. The van der Waals surface area contributed by atoms with Crippen LogP contribution in [-0.4, -0.2) is 26.2 Å². The molecule has 0 bridgehead atoms. The minimum atomic E-state index is -0.256. The third-order valence-corrected chi connectivity index (χ3v) is 3.75. The molecular weight excluding hydrogens is 386 g/mol. The van der Waals surface area contributed by atoms with Crippen molar-refractivity contribution in [2.24, 2.45) is 0 Å². The number of carbonyl (C=O) groups is 1. The molecule has 2 aromatic rings. The van der Waals surface area contributed by atoms with Crippen molar-refractivity contribution in [1.82, 2.24) is 5.32 Å². The quantitative estimate of drug-likeness (QED) is 0.677. The van der Waals surface area contributed by atoms with Gasteiger partial charge in [-0.05, 0) is 36.8 Å². The monoisotopic (exact) mass is 401 g/mol. The fraction of sp³-hybridized carbons (Fsp3) is 0.312. The molecule has 23 heavy (non-hydrogen) atoms. The van der Waals surface area contributed by atoms with E-state index >= 15 is 0 Å². The van der Waals surface area contributed by atoms with E-state index in [1.807, 2.05) is 6.07 Å². The van der Waals surface area contributed by atoms with Crippen molar-refractivity contribution in [3.8, 4) is 5.75 Å². The molecule has 1 N–H and O–H groups in total.